The Kier molecular flexibility index (Phi) is 5.41. The van der Waals surface area contributed by atoms with Crippen LogP contribution in [0.2, 0.25) is 0 Å². The van der Waals surface area contributed by atoms with E-state index in [1.165, 1.54) is 6.33 Å². The molecule has 2 atom stereocenters. The van der Waals surface area contributed by atoms with Gasteiger partial charge in [0.05, 0.1) is 0 Å². The van der Waals surface area contributed by atoms with E-state index in [2.05, 4.69) is 15.2 Å². The quantitative estimate of drug-likeness (QED) is 0.726. The lowest BCUT2D eigenvalue weighted by Gasteiger charge is -2.42. The summed E-state index contributed by atoms with van der Waals surface area (Å²) < 4.78 is 27.5. The van der Waals surface area contributed by atoms with E-state index in [-0.39, 0.29) is 30.8 Å². The summed E-state index contributed by atoms with van der Waals surface area (Å²) in [6.45, 7) is 2.70. The predicted octanol–water partition coefficient (Wildman–Crippen LogP) is 1.90. The Morgan fingerprint density at radius 2 is 1.79 bits per heavy atom. The van der Waals surface area contributed by atoms with Gasteiger partial charge < -0.3 is 20.4 Å². The van der Waals surface area contributed by atoms with Gasteiger partial charge in [-0.3, -0.25) is 9.89 Å². The van der Waals surface area contributed by atoms with Crippen LogP contribution in [0.3, 0.4) is 0 Å². The van der Waals surface area contributed by atoms with Crippen LogP contribution in [0.25, 0.3) is 0 Å². The number of benzene rings is 1. The number of nitrogens with zero attached hydrogens (tertiary/aromatic N) is 5. The van der Waals surface area contributed by atoms with E-state index < -0.39 is 24.3 Å². The molecule has 0 spiro atoms. The highest BCUT2D eigenvalue weighted by Crippen LogP contribution is 2.36. The molecule has 176 valence electrons. The first kappa shape index (κ1) is 21.6. The lowest BCUT2D eigenvalue weighted by Crippen LogP contribution is -2.53. The number of halogens is 2. The number of anilines is 1. The number of hydrogen-bond donors (Lipinski definition) is 2. The zero-order valence-corrected chi connectivity index (χ0v) is 18.2. The molecule has 0 radical (unpaired) electrons. The molecular weight excluding hydrogens is 432 g/mol. The number of urea groups is 1. The minimum absolute atomic E-state index is 0.0448. The van der Waals surface area contributed by atoms with Crippen molar-refractivity contribution in [2.75, 3.05) is 37.6 Å². The average molecular weight is 460 g/mol. The van der Waals surface area contributed by atoms with Crippen LogP contribution in [0.5, 0.6) is 0 Å². The molecule has 0 bridgehead atoms. The fourth-order valence-electron chi connectivity index (χ4n) is 5.05. The number of alkyl halides is 2. The third-order valence-electron chi connectivity index (χ3n) is 7.04. The molecule has 3 saturated heterocycles. The SMILES string of the molecule is NC(=O)C1CC(F)(F)CCN1c1ccc(C2CN(C(=O)N3CC[C@H](c4ncn[nH]4)C3)C2)cc1. The summed E-state index contributed by atoms with van der Waals surface area (Å²) in [6.07, 6.45) is 1.50. The molecule has 3 amide bonds. The molecule has 1 aromatic carbocycles. The minimum atomic E-state index is -2.87. The molecule has 0 saturated carbocycles. The summed E-state index contributed by atoms with van der Waals surface area (Å²) in [5, 5.41) is 6.77. The molecule has 9 nitrogen and oxygen atoms in total. The average Bonchev–Trinajstić information content (AvgIpc) is 3.44. The highest BCUT2D eigenvalue weighted by molar-refractivity contribution is 5.84. The lowest BCUT2D eigenvalue weighted by atomic mass is 9.91. The third kappa shape index (κ3) is 4.23. The van der Waals surface area contributed by atoms with Crippen molar-refractivity contribution < 1.29 is 18.4 Å². The Morgan fingerprint density at radius 3 is 2.45 bits per heavy atom. The molecular formula is C22H27F2N7O2. The number of nitrogens with one attached hydrogen (secondary N) is 1. The van der Waals surface area contributed by atoms with E-state index in [0.29, 0.717) is 31.9 Å². The van der Waals surface area contributed by atoms with E-state index in [1.54, 1.807) is 4.90 Å². The van der Waals surface area contributed by atoms with Crippen LogP contribution in [0.4, 0.5) is 19.3 Å². The first-order valence-corrected chi connectivity index (χ1v) is 11.2. The van der Waals surface area contributed by atoms with Crippen LogP contribution in [0.1, 0.15) is 42.5 Å². The van der Waals surface area contributed by atoms with Gasteiger partial charge in [0.15, 0.2) is 0 Å². The number of hydrogen-bond acceptors (Lipinski definition) is 5. The summed E-state index contributed by atoms with van der Waals surface area (Å²) in [5.41, 5.74) is 7.19. The van der Waals surface area contributed by atoms with E-state index in [1.807, 2.05) is 34.1 Å². The van der Waals surface area contributed by atoms with Gasteiger partial charge in [-0.1, -0.05) is 12.1 Å². The number of primary amides is 1. The molecule has 3 fully saturated rings. The van der Waals surface area contributed by atoms with Crippen LogP contribution in [0.15, 0.2) is 30.6 Å². The number of likely N-dealkylation sites (tertiary alicyclic amines) is 2. The standard InChI is InChI=1S/C22H27F2N7O2/c23-22(24)6-8-31(18(9-22)19(25)32)17-3-1-14(2-4-17)16-11-30(12-16)21(33)29-7-5-15(10-29)20-26-13-27-28-20/h1-4,13,15-16,18H,5-12H2,(H2,25,32)(H,26,27,28)/t15-,18?/m0/s1. The third-order valence-corrected chi connectivity index (χ3v) is 7.04. The molecule has 33 heavy (non-hydrogen) atoms. The highest BCUT2D eigenvalue weighted by Gasteiger charge is 2.43. The zero-order chi connectivity index (χ0) is 23.2. The second kappa shape index (κ2) is 8.27. The van der Waals surface area contributed by atoms with Crippen molar-refractivity contribution in [3.63, 3.8) is 0 Å². The van der Waals surface area contributed by atoms with Gasteiger partial charge in [0, 0.05) is 63.1 Å². The van der Waals surface area contributed by atoms with Crippen molar-refractivity contribution in [2.24, 2.45) is 5.73 Å². The fourth-order valence-corrected chi connectivity index (χ4v) is 5.05. The van der Waals surface area contributed by atoms with E-state index in [9.17, 15) is 18.4 Å². The van der Waals surface area contributed by atoms with Crippen LogP contribution in [-0.2, 0) is 4.79 Å². The second-order valence-corrected chi connectivity index (χ2v) is 9.20. The van der Waals surface area contributed by atoms with Gasteiger partial charge in [-0.05, 0) is 24.1 Å². The van der Waals surface area contributed by atoms with Gasteiger partial charge in [-0.15, -0.1) is 0 Å². The van der Waals surface area contributed by atoms with Crippen molar-refractivity contribution in [2.45, 2.75) is 43.1 Å². The molecule has 1 unspecified atom stereocenters. The van der Waals surface area contributed by atoms with Crippen LogP contribution in [0, 0.1) is 0 Å². The van der Waals surface area contributed by atoms with Gasteiger partial charge in [0.25, 0.3) is 5.92 Å². The largest absolute Gasteiger partial charge is 0.368 e. The molecule has 0 aliphatic carbocycles. The number of H-pyrrole nitrogens is 1. The number of nitrogens with two attached hydrogens (primary N) is 1. The predicted molar refractivity (Wildman–Crippen MR) is 116 cm³/mol. The smallest absolute Gasteiger partial charge is 0.320 e. The first-order valence-electron chi connectivity index (χ1n) is 11.2. The molecule has 4 heterocycles. The molecule has 3 aliphatic heterocycles. The number of aromatic amines is 1. The molecule has 11 heteroatoms. The van der Waals surface area contributed by atoms with Gasteiger partial charge in [0.1, 0.15) is 18.2 Å². The Balaban J connectivity index is 1.16. The Bertz CT molecular complexity index is 1010. The Labute approximate surface area is 189 Å². The topological polar surface area (TPSA) is 111 Å². The number of carbonyl (C=O) groups is 2. The van der Waals surface area contributed by atoms with Crippen molar-refractivity contribution in [1.29, 1.82) is 0 Å². The maximum absolute atomic E-state index is 13.8. The molecule has 5 rings (SSSR count). The number of carbonyl (C=O) groups excluding carboxylic acids is 2. The van der Waals surface area contributed by atoms with E-state index in [4.69, 9.17) is 5.73 Å². The lowest BCUT2D eigenvalue weighted by molar-refractivity contribution is -0.123. The molecule has 2 aromatic rings. The van der Waals surface area contributed by atoms with Crippen LogP contribution >= 0.6 is 0 Å². The number of aromatic nitrogens is 3. The monoisotopic (exact) mass is 459 g/mol. The fraction of sp³-hybridized carbons (Fsp3) is 0.545. The van der Waals surface area contributed by atoms with Crippen molar-refractivity contribution in [1.82, 2.24) is 25.0 Å². The van der Waals surface area contributed by atoms with Crippen molar-refractivity contribution in [3.05, 3.63) is 42.0 Å². The van der Waals surface area contributed by atoms with Crippen LogP contribution < -0.4 is 10.6 Å². The first-order chi connectivity index (χ1) is 15.8. The van der Waals surface area contributed by atoms with Gasteiger partial charge in [0.2, 0.25) is 5.91 Å². The van der Waals surface area contributed by atoms with Gasteiger partial charge in [-0.25, -0.2) is 18.6 Å². The van der Waals surface area contributed by atoms with Crippen molar-refractivity contribution in [3.8, 4) is 0 Å². The summed E-state index contributed by atoms with van der Waals surface area (Å²) in [4.78, 5) is 34.2. The van der Waals surface area contributed by atoms with E-state index >= 15 is 0 Å². The minimum Gasteiger partial charge on any atom is -0.368 e. The van der Waals surface area contributed by atoms with Gasteiger partial charge in [-0.2, -0.15) is 5.10 Å². The Hall–Kier alpha value is -3.24. The highest BCUT2D eigenvalue weighted by atomic mass is 19.3. The number of piperidine rings is 1. The molecule has 1 aromatic heterocycles. The van der Waals surface area contributed by atoms with Crippen LogP contribution in [-0.4, -0.2) is 81.6 Å². The molecule has 3 N–H and O–H groups in total. The Morgan fingerprint density at radius 1 is 1.06 bits per heavy atom. The number of rotatable bonds is 4. The maximum Gasteiger partial charge on any atom is 0.320 e. The zero-order valence-electron chi connectivity index (χ0n) is 18.2. The summed E-state index contributed by atoms with van der Waals surface area (Å²) in [5.74, 6) is -2.36. The molecule has 3 aliphatic rings. The van der Waals surface area contributed by atoms with Crippen molar-refractivity contribution >= 4 is 17.6 Å². The second-order valence-electron chi connectivity index (χ2n) is 9.20. The normalized spacial score (nSPS) is 25.2. The maximum atomic E-state index is 13.8. The summed E-state index contributed by atoms with van der Waals surface area (Å²) in [7, 11) is 0. The summed E-state index contributed by atoms with van der Waals surface area (Å²) in [6, 6.07) is 6.62. The summed E-state index contributed by atoms with van der Waals surface area (Å²) >= 11 is 0. The van der Waals surface area contributed by atoms with Gasteiger partial charge >= 0.3 is 6.03 Å². The van der Waals surface area contributed by atoms with E-state index in [0.717, 1.165) is 17.8 Å². The number of amides is 3.